The summed E-state index contributed by atoms with van der Waals surface area (Å²) in [6.07, 6.45) is 2.94. The quantitative estimate of drug-likeness (QED) is 0.755. The lowest BCUT2D eigenvalue weighted by Crippen LogP contribution is -2.27. The Labute approximate surface area is 103 Å². The molecule has 0 fully saturated rings. The van der Waals surface area contributed by atoms with Crippen molar-refractivity contribution in [1.82, 2.24) is 4.31 Å². The molecule has 0 saturated heterocycles. The maximum Gasteiger partial charge on any atom is 0.276 e. The van der Waals surface area contributed by atoms with Crippen molar-refractivity contribution in [3.8, 4) is 0 Å². The zero-order valence-corrected chi connectivity index (χ0v) is 11.2. The molecule has 0 saturated carbocycles. The van der Waals surface area contributed by atoms with Crippen molar-refractivity contribution in [1.29, 1.82) is 0 Å². The third kappa shape index (κ3) is 3.55. The van der Waals surface area contributed by atoms with Gasteiger partial charge in [0.05, 0.1) is 6.54 Å². The Kier molecular flexibility index (Phi) is 5.17. The summed E-state index contributed by atoms with van der Waals surface area (Å²) in [6, 6.07) is 3.04. The van der Waals surface area contributed by atoms with Gasteiger partial charge in [0.1, 0.15) is 5.76 Å². The highest BCUT2D eigenvalue weighted by molar-refractivity contribution is 7.89. The molecular formula is C11H20N2O3S. The molecular weight excluding hydrogens is 240 g/mol. The van der Waals surface area contributed by atoms with Gasteiger partial charge < -0.3 is 10.2 Å². The average molecular weight is 260 g/mol. The highest BCUT2D eigenvalue weighted by Crippen LogP contribution is 2.17. The van der Waals surface area contributed by atoms with Gasteiger partial charge in [0, 0.05) is 13.6 Å². The molecule has 98 valence electrons. The first-order valence-corrected chi connectivity index (χ1v) is 7.21. The zero-order chi connectivity index (χ0) is 12.9. The smallest absolute Gasteiger partial charge is 0.276 e. The molecule has 1 rings (SSSR count). The monoisotopic (exact) mass is 260 g/mol. The molecule has 5 nitrogen and oxygen atoms in total. The van der Waals surface area contributed by atoms with E-state index in [2.05, 4.69) is 6.92 Å². The van der Waals surface area contributed by atoms with Crippen LogP contribution in [0, 0.1) is 0 Å². The molecule has 0 radical (unpaired) electrons. The Balaban J connectivity index is 2.73. The number of nitrogens with two attached hydrogens (primary N) is 1. The van der Waals surface area contributed by atoms with E-state index in [-0.39, 0.29) is 11.6 Å². The lowest BCUT2D eigenvalue weighted by molar-refractivity contribution is 0.386. The summed E-state index contributed by atoms with van der Waals surface area (Å²) in [5.41, 5.74) is 5.38. The largest absolute Gasteiger partial charge is 0.447 e. The second kappa shape index (κ2) is 6.18. The number of hydrogen-bond donors (Lipinski definition) is 1. The highest BCUT2D eigenvalue weighted by atomic mass is 32.2. The molecule has 17 heavy (non-hydrogen) atoms. The lowest BCUT2D eigenvalue weighted by atomic mass is 10.2. The third-order valence-electron chi connectivity index (χ3n) is 2.58. The van der Waals surface area contributed by atoms with E-state index in [9.17, 15) is 8.42 Å². The van der Waals surface area contributed by atoms with Crippen molar-refractivity contribution >= 4 is 10.0 Å². The van der Waals surface area contributed by atoms with E-state index >= 15 is 0 Å². The van der Waals surface area contributed by atoms with Crippen LogP contribution >= 0.6 is 0 Å². The van der Waals surface area contributed by atoms with Crippen molar-refractivity contribution < 1.29 is 12.8 Å². The Bertz CT molecular complexity index is 439. The predicted octanol–water partition coefficient (Wildman–Crippen LogP) is 1.55. The fourth-order valence-electron chi connectivity index (χ4n) is 1.46. The molecule has 6 heteroatoms. The zero-order valence-electron chi connectivity index (χ0n) is 10.3. The van der Waals surface area contributed by atoms with Gasteiger partial charge in [-0.3, -0.25) is 0 Å². The molecule has 0 atom stereocenters. The van der Waals surface area contributed by atoms with Crippen LogP contribution in [0.1, 0.15) is 31.9 Å². The standard InChI is InChI=1S/C11H20N2O3S/c1-3-4-5-8-13(2)17(14,15)11-7-6-10(9-12)16-11/h6-7H,3-5,8-9,12H2,1-2H3. The van der Waals surface area contributed by atoms with Gasteiger partial charge in [-0.15, -0.1) is 0 Å². The molecule has 0 aliphatic carbocycles. The van der Waals surface area contributed by atoms with Crippen molar-refractivity contribution in [2.45, 2.75) is 37.8 Å². The Morgan fingerprint density at radius 1 is 1.35 bits per heavy atom. The van der Waals surface area contributed by atoms with Gasteiger partial charge in [0.15, 0.2) is 0 Å². The van der Waals surface area contributed by atoms with E-state index < -0.39 is 10.0 Å². The van der Waals surface area contributed by atoms with Gasteiger partial charge in [-0.25, -0.2) is 8.42 Å². The van der Waals surface area contributed by atoms with E-state index in [0.717, 1.165) is 19.3 Å². The van der Waals surface area contributed by atoms with Crippen LogP contribution in [0.15, 0.2) is 21.6 Å². The summed E-state index contributed by atoms with van der Waals surface area (Å²) in [5, 5.41) is -0.0306. The minimum absolute atomic E-state index is 0.0306. The lowest BCUT2D eigenvalue weighted by Gasteiger charge is -2.14. The molecule has 0 amide bonds. The fourth-order valence-corrected chi connectivity index (χ4v) is 2.59. The number of unbranched alkanes of at least 4 members (excludes halogenated alkanes) is 2. The Hall–Kier alpha value is -0.850. The minimum atomic E-state index is -3.50. The topological polar surface area (TPSA) is 76.5 Å². The van der Waals surface area contributed by atoms with Gasteiger partial charge in [-0.2, -0.15) is 4.31 Å². The number of nitrogens with zero attached hydrogens (tertiary/aromatic N) is 1. The normalized spacial score (nSPS) is 12.2. The van der Waals surface area contributed by atoms with Crippen LogP contribution in [0.3, 0.4) is 0 Å². The summed E-state index contributed by atoms with van der Waals surface area (Å²) >= 11 is 0. The summed E-state index contributed by atoms with van der Waals surface area (Å²) in [5.74, 6) is 0.477. The van der Waals surface area contributed by atoms with Crippen LogP contribution in [0.25, 0.3) is 0 Å². The highest BCUT2D eigenvalue weighted by Gasteiger charge is 2.23. The predicted molar refractivity (Wildman–Crippen MR) is 65.9 cm³/mol. The van der Waals surface area contributed by atoms with Gasteiger partial charge in [-0.1, -0.05) is 19.8 Å². The maximum atomic E-state index is 12.0. The van der Waals surface area contributed by atoms with E-state index in [1.165, 1.54) is 10.4 Å². The Morgan fingerprint density at radius 3 is 2.59 bits per heavy atom. The molecule has 1 heterocycles. The van der Waals surface area contributed by atoms with E-state index in [1.54, 1.807) is 13.1 Å². The number of sulfonamides is 1. The molecule has 1 aromatic rings. The first kappa shape index (κ1) is 14.2. The molecule has 0 aliphatic rings. The summed E-state index contributed by atoms with van der Waals surface area (Å²) in [6.45, 7) is 2.79. The van der Waals surface area contributed by atoms with Crippen molar-refractivity contribution in [2.24, 2.45) is 5.73 Å². The van der Waals surface area contributed by atoms with Crippen molar-refractivity contribution in [3.05, 3.63) is 17.9 Å². The van der Waals surface area contributed by atoms with Gasteiger partial charge in [-0.05, 0) is 18.6 Å². The maximum absolute atomic E-state index is 12.0. The van der Waals surface area contributed by atoms with Gasteiger partial charge >= 0.3 is 0 Å². The molecule has 0 bridgehead atoms. The molecule has 2 N–H and O–H groups in total. The number of furan rings is 1. The van der Waals surface area contributed by atoms with Gasteiger partial charge in [0.2, 0.25) is 5.09 Å². The number of rotatable bonds is 7. The molecule has 0 unspecified atom stereocenters. The summed E-state index contributed by atoms with van der Waals surface area (Å²) < 4.78 is 30.6. The molecule has 0 aliphatic heterocycles. The fraction of sp³-hybridized carbons (Fsp3) is 0.636. The van der Waals surface area contributed by atoms with E-state index in [1.807, 2.05) is 0 Å². The first-order chi connectivity index (χ1) is 8.02. The van der Waals surface area contributed by atoms with Crippen LogP contribution in [0.5, 0.6) is 0 Å². The summed E-state index contributed by atoms with van der Waals surface area (Å²) in [7, 11) is -1.93. The second-order valence-electron chi connectivity index (χ2n) is 3.96. The Morgan fingerprint density at radius 2 is 2.06 bits per heavy atom. The molecule has 1 aromatic heterocycles. The SMILES string of the molecule is CCCCCN(C)S(=O)(=O)c1ccc(CN)o1. The van der Waals surface area contributed by atoms with Crippen molar-refractivity contribution in [3.63, 3.8) is 0 Å². The van der Waals surface area contributed by atoms with Crippen LogP contribution < -0.4 is 5.73 Å². The summed E-state index contributed by atoms with van der Waals surface area (Å²) in [4.78, 5) is 0. The minimum Gasteiger partial charge on any atom is -0.447 e. The second-order valence-corrected chi connectivity index (χ2v) is 5.93. The van der Waals surface area contributed by atoms with Crippen LogP contribution in [-0.4, -0.2) is 26.3 Å². The average Bonchev–Trinajstić information content (AvgIpc) is 2.78. The third-order valence-corrected chi connectivity index (χ3v) is 4.31. The van der Waals surface area contributed by atoms with Crippen LogP contribution in [-0.2, 0) is 16.6 Å². The van der Waals surface area contributed by atoms with Crippen LogP contribution in [0.2, 0.25) is 0 Å². The van der Waals surface area contributed by atoms with Crippen LogP contribution in [0.4, 0.5) is 0 Å². The van der Waals surface area contributed by atoms with E-state index in [0.29, 0.717) is 12.3 Å². The van der Waals surface area contributed by atoms with E-state index in [4.69, 9.17) is 10.2 Å². The molecule has 0 spiro atoms. The first-order valence-electron chi connectivity index (χ1n) is 5.77. The number of hydrogen-bond acceptors (Lipinski definition) is 4. The van der Waals surface area contributed by atoms with Crippen molar-refractivity contribution in [2.75, 3.05) is 13.6 Å². The van der Waals surface area contributed by atoms with Gasteiger partial charge in [0.25, 0.3) is 10.0 Å². The molecule has 0 aromatic carbocycles.